The minimum absolute atomic E-state index is 0.254. The fraction of sp³-hybridized carbons (Fsp3) is 1.00. The lowest BCUT2D eigenvalue weighted by atomic mass is 10.2. The minimum Gasteiger partial charge on any atom is -0.383 e. The van der Waals surface area contributed by atoms with E-state index in [9.17, 15) is 8.42 Å². The van der Waals surface area contributed by atoms with Crippen LogP contribution in [0.4, 0.5) is 0 Å². The van der Waals surface area contributed by atoms with Gasteiger partial charge in [0.25, 0.3) is 0 Å². The quantitative estimate of drug-likeness (QED) is 0.657. The lowest BCUT2D eigenvalue weighted by molar-refractivity contribution is 0.165. The molecule has 0 aromatic carbocycles. The smallest absolute Gasteiger partial charge is 0.151 e. The zero-order chi connectivity index (χ0) is 12.0. The zero-order valence-corrected chi connectivity index (χ0v) is 11.1. The van der Waals surface area contributed by atoms with Crippen LogP contribution in [-0.2, 0) is 14.6 Å². The Labute approximate surface area is 98.7 Å². The second-order valence-corrected chi connectivity index (χ2v) is 6.80. The Balaban J connectivity index is 2.17. The van der Waals surface area contributed by atoms with Crippen LogP contribution in [-0.4, -0.2) is 46.2 Å². The van der Waals surface area contributed by atoms with Crippen molar-refractivity contribution in [1.29, 1.82) is 0 Å². The molecule has 0 heterocycles. The topological polar surface area (TPSA) is 55.4 Å². The molecule has 1 N–H and O–H groups in total. The Bertz CT molecular complexity index is 286. The molecule has 0 aromatic rings. The second kappa shape index (κ2) is 6.57. The van der Waals surface area contributed by atoms with E-state index in [0.717, 1.165) is 19.3 Å². The van der Waals surface area contributed by atoms with E-state index >= 15 is 0 Å². The van der Waals surface area contributed by atoms with Crippen molar-refractivity contribution in [2.24, 2.45) is 5.92 Å². The molecule has 1 atom stereocenters. The Kier molecular flexibility index (Phi) is 5.72. The van der Waals surface area contributed by atoms with Gasteiger partial charge in [0.1, 0.15) is 0 Å². The highest BCUT2D eigenvalue weighted by atomic mass is 32.2. The number of methoxy groups -OCH3 is 1. The Hall–Kier alpha value is -0.130. The van der Waals surface area contributed by atoms with E-state index in [1.54, 1.807) is 7.11 Å². The van der Waals surface area contributed by atoms with E-state index in [0.29, 0.717) is 24.8 Å². The van der Waals surface area contributed by atoms with Crippen LogP contribution >= 0.6 is 0 Å². The highest BCUT2D eigenvalue weighted by Gasteiger charge is 2.27. The zero-order valence-electron chi connectivity index (χ0n) is 10.2. The third-order valence-electron chi connectivity index (χ3n) is 2.89. The fourth-order valence-electron chi connectivity index (χ4n) is 1.67. The third kappa shape index (κ3) is 5.82. The molecule has 1 fully saturated rings. The van der Waals surface area contributed by atoms with E-state index in [2.05, 4.69) is 12.2 Å². The van der Waals surface area contributed by atoms with E-state index in [-0.39, 0.29) is 11.8 Å². The number of sulfone groups is 1. The van der Waals surface area contributed by atoms with Gasteiger partial charge < -0.3 is 10.1 Å². The summed E-state index contributed by atoms with van der Waals surface area (Å²) in [6.45, 7) is 3.24. The SMILES string of the molecule is CCC(COC)NCCS(=O)(=O)CC1CC1. The van der Waals surface area contributed by atoms with Crippen molar-refractivity contribution in [3.05, 3.63) is 0 Å². The van der Waals surface area contributed by atoms with Gasteiger partial charge in [0.05, 0.1) is 18.1 Å². The molecule has 1 saturated carbocycles. The summed E-state index contributed by atoms with van der Waals surface area (Å²) in [5.74, 6) is 1.09. The van der Waals surface area contributed by atoms with E-state index in [1.807, 2.05) is 0 Å². The number of rotatable bonds is 9. The summed E-state index contributed by atoms with van der Waals surface area (Å²) in [7, 11) is -1.18. The van der Waals surface area contributed by atoms with Gasteiger partial charge in [-0.3, -0.25) is 0 Å². The lowest BCUT2D eigenvalue weighted by Gasteiger charge is -2.15. The standard InChI is InChI=1S/C11H23NO3S/c1-3-11(8-15-2)12-6-7-16(13,14)9-10-4-5-10/h10-12H,3-9H2,1-2H3. The Morgan fingerprint density at radius 1 is 1.44 bits per heavy atom. The van der Waals surface area contributed by atoms with E-state index in [4.69, 9.17) is 4.74 Å². The summed E-state index contributed by atoms with van der Waals surface area (Å²) in [6.07, 6.45) is 3.14. The summed E-state index contributed by atoms with van der Waals surface area (Å²) in [5.41, 5.74) is 0. The average Bonchev–Trinajstić information content (AvgIpc) is 2.99. The second-order valence-electron chi connectivity index (χ2n) is 4.57. The largest absolute Gasteiger partial charge is 0.383 e. The van der Waals surface area contributed by atoms with Gasteiger partial charge in [0, 0.05) is 19.7 Å². The van der Waals surface area contributed by atoms with Crippen LogP contribution in [0, 0.1) is 5.92 Å². The first-order valence-corrected chi connectivity index (χ1v) is 7.82. The van der Waals surface area contributed by atoms with Gasteiger partial charge in [-0.05, 0) is 25.2 Å². The molecular formula is C11H23NO3S. The first-order chi connectivity index (χ1) is 7.57. The summed E-state index contributed by atoms with van der Waals surface area (Å²) < 4.78 is 28.3. The van der Waals surface area contributed by atoms with Crippen molar-refractivity contribution < 1.29 is 13.2 Å². The van der Waals surface area contributed by atoms with Crippen molar-refractivity contribution in [2.75, 3.05) is 31.8 Å². The van der Waals surface area contributed by atoms with Crippen LogP contribution < -0.4 is 5.32 Å². The summed E-state index contributed by atoms with van der Waals surface area (Å²) in [6, 6.07) is 0.265. The molecule has 1 unspecified atom stereocenters. The normalized spacial score (nSPS) is 18.6. The first kappa shape index (κ1) is 13.9. The molecule has 96 valence electrons. The highest BCUT2D eigenvalue weighted by Crippen LogP contribution is 2.30. The van der Waals surface area contributed by atoms with E-state index in [1.165, 1.54) is 0 Å². The molecular weight excluding hydrogens is 226 g/mol. The summed E-state index contributed by atoms with van der Waals surface area (Å²) in [5, 5.41) is 3.22. The van der Waals surface area contributed by atoms with Crippen molar-refractivity contribution in [3.63, 3.8) is 0 Å². The number of nitrogens with one attached hydrogen (secondary N) is 1. The molecule has 0 spiro atoms. The third-order valence-corrected chi connectivity index (χ3v) is 4.70. The van der Waals surface area contributed by atoms with Gasteiger partial charge in [0.15, 0.2) is 9.84 Å². The van der Waals surface area contributed by atoms with Crippen LogP contribution in [0.5, 0.6) is 0 Å². The lowest BCUT2D eigenvalue weighted by Crippen LogP contribution is -2.36. The minimum atomic E-state index is -2.84. The Morgan fingerprint density at radius 2 is 2.12 bits per heavy atom. The predicted octanol–water partition coefficient (Wildman–Crippen LogP) is 0.826. The number of ether oxygens (including phenoxy) is 1. The van der Waals surface area contributed by atoms with Crippen molar-refractivity contribution in [1.82, 2.24) is 5.32 Å². The monoisotopic (exact) mass is 249 g/mol. The first-order valence-electron chi connectivity index (χ1n) is 6.00. The number of hydrogen-bond donors (Lipinski definition) is 1. The maximum atomic E-state index is 11.6. The molecule has 5 heteroatoms. The van der Waals surface area contributed by atoms with Crippen molar-refractivity contribution in [3.8, 4) is 0 Å². The van der Waals surface area contributed by atoms with Gasteiger partial charge in [-0.2, -0.15) is 0 Å². The summed E-state index contributed by atoms with van der Waals surface area (Å²) >= 11 is 0. The Morgan fingerprint density at radius 3 is 2.62 bits per heavy atom. The molecule has 0 saturated heterocycles. The maximum absolute atomic E-state index is 11.6. The van der Waals surface area contributed by atoms with E-state index < -0.39 is 9.84 Å². The number of hydrogen-bond acceptors (Lipinski definition) is 4. The predicted molar refractivity (Wildman–Crippen MR) is 65.3 cm³/mol. The van der Waals surface area contributed by atoms with Crippen LogP contribution in [0.2, 0.25) is 0 Å². The molecule has 0 radical (unpaired) electrons. The van der Waals surface area contributed by atoms with Gasteiger partial charge in [-0.25, -0.2) is 8.42 Å². The van der Waals surface area contributed by atoms with Gasteiger partial charge in [-0.15, -0.1) is 0 Å². The van der Waals surface area contributed by atoms with Crippen LogP contribution in [0.25, 0.3) is 0 Å². The molecule has 16 heavy (non-hydrogen) atoms. The summed E-state index contributed by atoms with van der Waals surface area (Å²) in [4.78, 5) is 0. The fourth-order valence-corrected chi connectivity index (χ4v) is 3.31. The van der Waals surface area contributed by atoms with Crippen LogP contribution in [0.3, 0.4) is 0 Å². The van der Waals surface area contributed by atoms with Crippen LogP contribution in [0.1, 0.15) is 26.2 Å². The van der Waals surface area contributed by atoms with Crippen molar-refractivity contribution >= 4 is 9.84 Å². The van der Waals surface area contributed by atoms with Crippen LogP contribution in [0.15, 0.2) is 0 Å². The molecule has 0 aromatic heterocycles. The van der Waals surface area contributed by atoms with Gasteiger partial charge in [0.2, 0.25) is 0 Å². The molecule has 0 amide bonds. The molecule has 4 nitrogen and oxygen atoms in total. The van der Waals surface area contributed by atoms with Gasteiger partial charge >= 0.3 is 0 Å². The molecule has 1 aliphatic rings. The molecule has 0 bridgehead atoms. The molecule has 1 aliphatic carbocycles. The molecule has 1 rings (SSSR count). The average molecular weight is 249 g/mol. The highest BCUT2D eigenvalue weighted by molar-refractivity contribution is 7.91. The van der Waals surface area contributed by atoms with Gasteiger partial charge in [-0.1, -0.05) is 6.92 Å². The van der Waals surface area contributed by atoms with Crippen molar-refractivity contribution in [2.45, 2.75) is 32.2 Å². The maximum Gasteiger partial charge on any atom is 0.151 e. The molecule has 0 aliphatic heterocycles.